The highest BCUT2D eigenvalue weighted by atomic mass is 35.5. The molecule has 2 atom stereocenters. The summed E-state index contributed by atoms with van der Waals surface area (Å²) >= 11 is 6.36. The summed E-state index contributed by atoms with van der Waals surface area (Å²) in [7, 11) is 0. The van der Waals surface area contributed by atoms with Crippen LogP contribution in [0.5, 0.6) is 0 Å². The van der Waals surface area contributed by atoms with Gasteiger partial charge < -0.3 is 20.1 Å². The molecule has 0 aromatic heterocycles. The van der Waals surface area contributed by atoms with Crippen molar-refractivity contribution in [3.63, 3.8) is 0 Å². The highest BCUT2D eigenvalue weighted by molar-refractivity contribution is 6.34. The fraction of sp³-hybridized carbons (Fsp3) is 0.533. The number of ether oxygens (including phenoxy) is 2. The Kier molecular flexibility index (Phi) is 4.96. The van der Waals surface area contributed by atoms with Gasteiger partial charge in [0.1, 0.15) is 0 Å². The number of nitrogen functional groups attached to an aromatic ring is 1. The molecule has 1 heterocycles. The minimum absolute atomic E-state index is 0.0739. The maximum atomic E-state index is 12.2. The third kappa shape index (κ3) is 3.41. The van der Waals surface area contributed by atoms with E-state index in [-0.39, 0.29) is 12.1 Å². The molecule has 5 nitrogen and oxygen atoms in total. The molecular formula is C15H21ClN2O3. The summed E-state index contributed by atoms with van der Waals surface area (Å²) in [5, 5.41) is 0.457. The number of rotatable bonds is 3. The van der Waals surface area contributed by atoms with Crippen molar-refractivity contribution in [2.24, 2.45) is 0 Å². The van der Waals surface area contributed by atoms with Gasteiger partial charge in [-0.2, -0.15) is 0 Å². The summed E-state index contributed by atoms with van der Waals surface area (Å²) in [6, 6.07) is 3.40. The Morgan fingerprint density at radius 1 is 1.52 bits per heavy atom. The molecule has 1 aliphatic rings. The van der Waals surface area contributed by atoms with Crippen LogP contribution >= 0.6 is 11.6 Å². The number of nitrogens with two attached hydrogens (primary N) is 1. The Labute approximate surface area is 130 Å². The number of carbonyl (C=O) groups is 1. The van der Waals surface area contributed by atoms with Gasteiger partial charge in [-0.3, -0.25) is 0 Å². The van der Waals surface area contributed by atoms with Gasteiger partial charge in [-0.25, -0.2) is 4.79 Å². The first kappa shape index (κ1) is 15.9. The number of carbonyl (C=O) groups excluding carboxylic acids is 1. The van der Waals surface area contributed by atoms with Crippen LogP contribution in [0.2, 0.25) is 5.02 Å². The van der Waals surface area contributed by atoms with Crippen molar-refractivity contribution in [2.45, 2.75) is 32.9 Å². The van der Waals surface area contributed by atoms with Crippen molar-refractivity contribution < 1.29 is 14.3 Å². The van der Waals surface area contributed by atoms with E-state index >= 15 is 0 Å². The van der Waals surface area contributed by atoms with Crippen LogP contribution < -0.4 is 10.6 Å². The topological polar surface area (TPSA) is 64.8 Å². The van der Waals surface area contributed by atoms with Crippen molar-refractivity contribution in [1.29, 1.82) is 0 Å². The van der Waals surface area contributed by atoms with Crippen molar-refractivity contribution in [3.05, 3.63) is 22.7 Å². The summed E-state index contributed by atoms with van der Waals surface area (Å²) < 4.78 is 10.7. The smallest absolute Gasteiger partial charge is 0.340 e. The Morgan fingerprint density at radius 2 is 2.24 bits per heavy atom. The van der Waals surface area contributed by atoms with Crippen LogP contribution in [-0.4, -0.2) is 37.9 Å². The van der Waals surface area contributed by atoms with Gasteiger partial charge in [0.2, 0.25) is 0 Å². The molecule has 0 bridgehead atoms. The summed E-state index contributed by atoms with van der Waals surface area (Å²) in [6.45, 7) is 7.35. The molecule has 1 aliphatic heterocycles. The van der Waals surface area contributed by atoms with Crippen molar-refractivity contribution in [2.75, 3.05) is 30.4 Å². The molecule has 21 heavy (non-hydrogen) atoms. The van der Waals surface area contributed by atoms with Gasteiger partial charge in [0.15, 0.2) is 0 Å². The second-order valence-corrected chi connectivity index (χ2v) is 5.67. The second kappa shape index (κ2) is 6.54. The molecule has 116 valence electrons. The van der Waals surface area contributed by atoms with E-state index in [0.717, 1.165) is 0 Å². The van der Waals surface area contributed by atoms with Crippen LogP contribution in [0.1, 0.15) is 31.1 Å². The number of halogens is 1. The molecule has 0 aliphatic carbocycles. The van der Waals surface area contributed by atoms with Crippen molar-refractivity contribution >= 4 is 28.9 Å². The van der Waals surface area contributed by atoms with Crippen LogP contribution in [0.25, 0.3) is 0 Å². The van der Waals surface area contributed by atoms with Crippen LogP contribution in [-0.2, 0) is 9.47 Å². The molecule has 0 spiro atoms. The normalized spacial score (nSPS) is 22.2. The minimum atomic E-state index is -0.409. The Bertz CT molecular complexity index is 536. The molecule has 1 aromatic rings. The Balaban J connectivity index is 2.47. The van der Waals surface area contributed by atoms with E-state index < -0.39 is 5.97 Å². The molecule has 6 heteroatoms. The van der Waals surface area contributed by atoms with E-state index in [4.69, 9.17) is 26.8 Å². The summed E-state index contributed by atoms with van der Waals surface area (Å²) in [6.07, 6.45) is 0.0739. The van der Waals surface area contributed by atoms with Crippen LogP contribution in [0.4, 0.5) is 11.4 Å². The van der Waals surface area contributed by atoms with Crippen molar-refractivity contribution in [1.82, 2.24) is 0 Å². The summed E-state index contributed by atoms with van der Waals surface area (Å²) in [5.41, 5.74) is 7.34. The first-order valence-electron chi connectivity index (χ1n) is 7.08. The zero-order chi connectivity index (χ0) is 15.6. The lowest BCUT2D eigenvalue weighted by molar-refractivity contribution is 0.0339. The maximum Gasteiger partial charge on any atom is 0.340 e. The largest absolute Gasteiger partial charge is 0.462 e. The van der Waals surface area contributed by atoms with Gasteiger partial charge in [-0.1, -0.05) is 11.6 Å². The first-order valence-corrected chi connectivity index (χ1v) is 7.46. The highest BCUT2D eigenvalue weighted by Gasteiger charge is 2.29. The molecule has 1 fully saturated rings. The predicted molar refractivity (Wildman–Crippen MR) is 84.0 cm³/mol. The molecule has 1 saturated heterocycles. The summed E-state index contributed by atoms with van der Waals surface area (Å²) in [5.74, 6) is -0.409. The standard InChI is InChI=1S/C15H21ClN2O3/c1-4-20-15(19)12-5-11(17)6-13(16)14(12)18-7-10(3)21-8-9(18)2/h5-6,9-10H,4,7-8,17H2,1-3H3. The van der Waals surface area contributed by atoms with Gasteiger partial charge in [0.25, 0.3) is 0 Å². The van der Waals surface area contributed by atoms with Gasteiger partial charge in [0.05, 0.1) is 35.6 Å². The molecular weight excluding hydrogens is 292 g/mol. The van der Waals surface area contributed by atoms with Crippen LogP contribution in [0, 0.1) is 0 Å². The third-order valence-corrected chi connectivity index (χ3v) is 3.76. The lowest BCUT2D eigenvalue weighted by Crippen LogP contribution is -2.48. The van der Waals surface area contributed by atoms with Gasteiger partial charge in [-0.15, -0.1) is 0 Å². The lowest BCUT2D eigenvalue weighted by Gasteiger charge is -2.39. The van der Waals surface area contributed by atoms with Crippen molar-refractivity contribution in [3.8, 4) is 0 Å². The van der Waals surface area contributed by atoms with E-state index in [1.807, 2.05) is 13.8 Å². The quantitative estimate of drug-likeness (QED) is 0.686. The molecule has 2 rings (SSSR count). The average Bonchev–Trinajstić information content (AvgIpc) is 2.41. The van der Waals surface area contributed by atoms with E-state index in [9.17, 15) is 4.79 Å². The number of benzene rings is 1. The number of morpholine rings is 1. The van der Waals surface area contributed by atoms with E-state index in [0.29, 0.717) is 41.7 Å². The number of nitrogens with zero attached hydrogens (tertiary/aromatic N) is 1. The Hall–Kier alpha value is -1.46. The molecule has 1 aromatic carbocycles. The predicted octanol–water partition coefficient (Wildman–Crippen LogP) is 2.71. The highest BCUT2D eigenvalue weighted by Crippen LogP contribution is 2.35. The average molecular weight is 313 g/mol. The first-order chi connectivity index (χ1) is 9.93. The zero-order valence-electron chi connectivity index (χ0n) is 12.6. The van der Waals surface area contributed by atoms with Gasteiger partial charge in [0, 0.05) is 18.3 Å². The molecule has 2 unspecified atom stereocenters. The lowest BCUT2D eigenvalue weighted by atomic mass is 10.1. The molecule has 2 N–H and O–H groups in total. The SMILES string of the molecule is CCOC(=O)c1cc(N)cc(Cl)c1N1CC(C)OCC1C. The van der Waals surface area contributed by atoms with Crippen LogP contribution in [0.15, 0.2) is 12.1 Å². The number of hydrogen-bond acceptors (Lipinski definition) is 5. The minimum Gasteiger partial charge on any atom is -0.462 e. The second-order valence-electron chi connectivity index (χ2n) is 5.26. The number of esters is 1. The summed E-state index contributed by atoms with van der Waals surface area (Å²) in [4.78, 5) is 14.3. The number of anilines is 2. The molecule has 0 saturated carbocycles. The molecule has 0 amide bonds. The van der Waals surface area contributed by atoms with E-state index in [1.54, 1.807) is 19.1 Å². The maximum absolute atomic E-state index is 12.2. The zero-order valence-corrected chi connectivity index (χ0v) is 13.3. The Morgan fingerprint density at radius 3 is 2.90 bits per heavy atom. The number of hydrogen-bond donors (Lipinski definition) is 1. The third-order valence-electron chi connectivity index (χ3n) is 3.48. The fourth-order valence-corrected chi connectivity index (χ4v) is 2.83. The van der Waals surface area contributed by atoms with E-state index in [2.05, 4.69) is 4.90 Å². The molecule has 0 radical (unpaired) electrons. The van der Waals surface area contributed by atoms with Crippen LogP contribution in [0.3, 0.4) is 0 Å². The fourth-order valence-electron chi connectivity index (χ4n) is 2.49. The monoisotopic (exact) mass is 312 g/mol. The van der Waals surface area contributed by atoms with E-state index in [1.165, 1.54) is 0 Å². The van der Waals surface area contributed by atoms with Gasteiger partial charge >= 0.3 is 5.97 Å². The van der Waals surface area contributed by atoms with Gasteiger partial charge in [-0.05, 0) is 32.9 Å².